The second kappa shape index (κ2) is 5.70. The summed E-state index contributed by atoms with van der Waals surface area (Å²) in [6, 6.07) is 3.67. The average molecular weight is 272 g/mol. The fourth-order valence-corrected chi connectivity index (χ4v) is 1.32. The number of hydrogen-bond donors (Lipinski definition) is 0. The number of rotatable bonds is 4. The molecule has 0 spiro atoms. The average Bonchev–Trinajstić information content (AvgIpc) is 2.17. The van der Waals surface area contributed by atoms with Crippen LogP contribution < -0.4 is 4.74 Å². The Morgan fingerprint density at radius 2 is 2.27 bits per heavy atom. The number of aliphatic imine (C=N–C) groups is 1. The van der Waals surface area contributed by atoms with Crippen molar-refractivity contribution >= 4 is 28.0 Å². The summed E-state index contributed by atoms with van der Waals surface area (Å²) in [5.41, 5.74) is 0.784. The van der Waals surface area contributed by atoms with Gasteiger partial charge >= 0.3 is 0 Å². The first kappa shape index (κ1) is 12.0. The van der Waals surface area contributed by atoms with E-state index in [1.54, 1.807) is 12.4 Å². The molecule has 0 fully saturated rings. The molecule has 0 atom stereocenters. The molecule has 0 N–H and O–H groups in total. The van der Waals surface area contributed by atoms with Crippen molar-refractivity contribution in [2.24, 2.45) is 4.99 Å². The Kier molecular flexibility index (Phi) is 4.55. The van der Waals surface area contributed by atoms with Crippen LogP contribution in [0.1, 0.15) is 6.92 Å². The van der Waals surface area contributed by atoms with Crippen LogP contribution in [0.15, 0.2) is 21.7 Å². The van der Waals surface area contributed by atoms with Crippen LogP contribution in [-0.4, -0.2) is 36.9 Å². The molecule has 0 aliphatic carbocycles. The lowest BCUT2D eigenvalue weighted by molar-refractivity contribution is 0.326. The van der Waals surface area contributed by atoms with E-state index in [1.807, 2.05) is 32.0 Å². The maximum absolute atomic E-state index is 5.26. The number of pyridine rings is 1. The third-order valence-electron chi connectivity index (χ3n) is 1.52. The predicted octanol–water partition coefficient (Wildman–Crippen LogP) is 2.46. The molecule has 1 heterocycles. The second-order valence-electron chi connectivity index (χ2n) is 3.10. The topological polar surface area (TPSA) is 37.7 Å². The van der Waals surface area contributed by atoms with Crippen molar-refractivity contribution in [1.29, 1.82) is 0 Å². The van der Waals surface area contributed by atoms with Crippen LogP contribution in [0.3, 0.4) is 0 Å². The van der Waals surface area contributed by atoms with Crippen molar-refractivity contribution in [3.8, 4) is 5.88 Å². The van der Waals surface area contributed by atoms with E-state index in [-0.39, 0.29) is 0 Å². The smallest absolute Gasteiger partial charge is 0.214 e. The van der Waals surface area contributed by atoms with E-state index in [9.17, 15) is 0 Å². The van der Waals surface area contributed by atoms with Gasteiger partial charge in [0.1, 0.15) is 4.60 Å². The first-order chi connectivity index (χ1) is 7.13. The molecule has 0 aliphatic rings. The standard InChI is InChI=1S/C10H14BrN3O/c1-4-15-9-6-5-8(10(11)13-9)12-7-14(2)3/h5-7H,4H2,1-3H3. The van der Waals surface area contributed by atoms with Gasteiger partial charge in [-0.1, -0.05) is 0 Å². The number of hydrogen-bond acceptors (Lipinski definition) is 3. The minimum absolute atomic E-state index is 0.605. The summed E-state index contributed by atoms with van der Waals surface area (Å²) in [4.78, 5) is 10.3. The van der Waals surface area contributed by atoms with E-state index in [4.69, 9.17) is 4.74 Å². The number of aromatic nitrogens is 1. The van der Waals surface area contributed by atoms with Gasteiger partial charge in [0.2, 0.25) is 5.88 Å². The Hall–Kier alpha value is -1.10. The molecule has 15 heavy (non-hydrogen) atoms. The highest BCUT2D eigenvalue weighted by Gasteiger charge is 2.01. The molecular formula is C10H14BrN3O. The zero-order valence-corrected chi connectivity index (χ0v) is 10.7. The first-order valence-electron chi connectivity index (χ1n) is 4.63. The molecule has 1 rings (SSSR count). The Morgan fingerprint density at radius 1 is 1.53 bits per heavy atom. The van der Waals surface area contributed by atoms with Crippen LogP contribution >= 0.6 is 15.9 Å². The van der Waals surface area contributed by atoms with Crippen LogP contribution in [0.5, 0.6) is 5.88 Å². The van der Waals surface area contributed by atoms with Gasteiger partial charge in [-0.15, -0.1) is 0 Å². The second-order valence-corrected chi connectivity index (χ2v) is 3.85. The van der Waals surface area contributed by atoms with Crippen molar-refractivity contribution in [3.63, 3.8) is 0 Å². The summed E-state index contributed by atoms with van der Waals surface area (Å²) in [6.45, 7) is 2.54. The minimum atomic E-state index is 0.605. The summed E-state index contributed by atoms with van der Waals surface area (Å²) in [5.74, 6) is 0.605. The first-order valence-corrected chi connectivity index (χ1v) is 5.42. The third kappa shape index (κ3) is 3.87. The summed E-state index contributed by atoms with van der Waals surface area (Å²) in [7, 11) is 3.83. The van der Waals surface area contributed by atoms with Gasteiger partial charge in [0.05, 0.1) is 18.6 Å². The van der Waals surface area contributed by atoms with Gasteiger partial charge in [-0.05, 0) is 28.9 Å². The van der Waals surface area contributed by atoms with Crippen molar-refractivity contribution < 1.29 is 4.74 Å². The van der Waals surface area contributed by atoms with Gasteiger partial charge in [0.15, 0.2) is 0 Å². The summed E-state index contributed by atoms with van der Waals surface area (Å²) in [6.07, 6.45) is 1.72. The molecular weight excluding hydrogens is 258 g/mol. The molecule has 4 nitrogen and oxygen atoms in total. The third-order valence-corrected chi connectivity index (χ3v) is 2.11. The Bertz CT molecular complexity index is 353. The largest absolute Gasteiger partial charge is 0.478 e. The van der Waals surface area contributed by atoms with Gasteiger partial charge in [-0.3, -0.25) is 0 Å². The lowest BCUT2D eigenvalue weighted by Crippen LogP contribution is -2.07. The quantitative estimate of drug-likeness (QED) is 0.480. The van der Waals surface area contributed by atoms with Crippen molar-refractivity contribution in [2.75, 3.05) is 20.7 Å². The van der Waals surface area contributed by atoms with Crippen molar-refractivity contribution in [2.45, 2.75) is 6.92 Å². The fraction of sp³-hybridized carbons (Fsp3) is 0.400. The SMILES string of the molecule is CCOc1ccc(N=CN(C)C)c(Br)n1. The van der Waals surface area contributed by atoms with Crippen LogP contribution in [0, 0.1) is 0 Å². The number of ether oxygens (including phenoxy) is 1. The van der Waals surface area contributed by atoms with Crippen LogP contribution in [0.4, 0.5) is 5.69 Å². The highest BCUT2D eigenvalue weighted by molar-refractivity contribution is 9.10. The zero-order chi connectivity index (χ0) is 11.3. The Labute approximate surface area is 98.1 Å². The highest BCUT2D eigenvalue weighted by atomic mass is 79.9. The van der Waals surface area contributed by atoms with Crippen molar-refractivity contribution in [1.82, 2.24) is 9.88 Å². The van der Waals surface area contributed by atoms with E-state index >= 15 is 0 Å². The van der Waals surface area contributed by atoms with Crippen molar-refractivity contribution in [3.05, 3.63) is 16.7 Å². The molecule has 0 radical (unpaired) electrons. The van der Waals surface area contributed by atoms with Crippen LogP contribution in [0.25, 0.3) is 0 Å². The molecule has 0 saturated carbocycles. The number of nitrogens with zero attached hydrogens (tertiary/aromatic N) is 3. The maximum Gasteiger partial charge on any atom is 0.214 e. The molecule has 82 valence electrons. The van der Waals surface area contributed by atoms with Crippen LogP contribution in [0.2, 0.25) is 0 Å². The highest BCUT2D eigenvalue weighted by Crippen LogP contribution is 2.25. The lowest BCUT2D eigenvalue weighted by Gasteiger charge is -2.05. The molecule has 5 heteroatoms. The normalized spacial score (nSPS) is 10.7. The summed E-state index contributed by atoms with van der Waals surface area (Å²) in [5, 5.41) is 0. The molecule has 0 aromatic carbocycles. The van der Waals surface area contributed by atoms with Gasteiger partial charge in [0.25, 0.3) is 0 Å². The maximum atomic E-state index is 5.26. The monoisotopic (exact) mass is 271 g/mol. The molecule has 1 aromatic heterocycles. The fourth-order valence-electron chi connectivity index (χ4n) is 0.913. The lowest BCUT2D eigenvalue weighted by atomic mass is 10.4. The van der Waals surface area contributed by atoms with Gasteiger partial charge in [0, 0.05) is 20.2 Å². The summed E-state index contributed by atoms with van der Waals surface area (Å²) >= 11 is 3.34. The Balaban J connectivity index is 2.83. The van der Waals surface area contributed by atoms with E-state index in [1.165, 1.54) is 0 Å². The minimum Gasteiger partial charge on any atom is -0.478 e. The van der Waals surface area contributed by atoms with E-state index in [0.717, 1.165) is 5.69 Å². The Morgan fingerprint density at radius 3 is 2.80 bits per heavy atom. The van der Waals surface area contributed by atoms with Gasteiger partial charge in [-0.2, -0.15) is 0 Å². The van der Waals surface area contributed by atoms with Gasteiger partial charge < -0.3 is 9.64 Å². The molecule has 0 aliphatic heterocycles. The van der Waals surface area contributed by atoms with Gasteiger partial charge in [-0.25, -0.2) is 9.98 Å². The number of halogens is 1. The van der Waals surface area contributed by atoms with Crippen LogP contribution in [-0.2, 0) is 0 Å². The summed E-state index contributed by atoms with van der Waals surface area (Å²) < 4.78 is 5.95. The molecule has 1 aromatic rings. The zero-order valence-electron chi connectivity index (χ0n) is 9.07. The van der Waals surface area contributed by atoms with E-state index < -0.39 is 0 Å². The molecule has 0 saturated heterocycles. The predicted molar refractivity (Wildman–Crippen MR) is 64.9 cm³/mol. The molecule has 0 amide bonds. The molecule has 0 unspecified atom stereocenters. The van der Waals surface area contributed by atoms with E-state index in [2.05, 4.69) is 25.9 Å². The molecule has 0 bridgehead atoms. The van der Waals surface area contributed by atoms with E-state index in [0.29, 0.717) is 17.1 Å².